The molecular weight excluding hydrogens is 399 g/mol. The monoisotopic (exact) mass is 411 g/mol. The number of hydrogen-bond acceptors (Lipinski definition) is 1. The first-order valence-electron chi connectivity index (χ1n) is 6.10. The van der Waals surface area contributed by atoms with Crippen molar-refractivity contribution in [2.45, 2.75) is 23.7 Å². The van der Waals surface area contributed by atoms with Gasteiger partial charge in [-0.25, -0.2) is 8.78 Å². The number of halogens is 4. The number of hydrogen-bond donors (Lipinski definition) is 0. The van der Waals surface area contributed by atoms with Crippen LogP contribution in [-0.2, 0) is 4.79 Å². The van der Waals surface area contributed by atoms with Gasteiger partial charge in [0.25, 0.3) is 6.43 Å². The molecule has 1 heterocycles. The largest absolute Gasteiger partial charge is 0.305 e. The molecule has 0 saturated heterocycles. The molecular formula is C14H13ClF2INO. The topological polar surface area (TPSA) is 20.3 Å². The third-order valence-corrected chi connectivity index (χ3v) is 4.40. The van der Waals surface area contributed by atoms with E-state index in [4.69, 9.17) is 11.6 Å². The Balaban J connectivity index is 2.43. The summed E-state index contributed by atoms with van der Waals surface area (Å²) in [7, 11) is 0. The molecule has 108 valence electrons. The maximum Gasteiger partial charge on any atom is 0.256 e. The van der Waals surface area contributed by atoms with Crippen LogP contribution in [0.25, 0.3) is 5.70 Å². The van der Waals surface area contributed by atoms with Crippen LogP contribution in [0.4, 0.5) is 8.78 Å². The van der Waals surface area contributed by atoms with E-state index in [1.54, 1.807) is 18.2 Å². The summed E-state index contributed by atoms with van der Waals surface area (Å²) in [5.41, 5.74) is 2.19. The molecule has 1 aliphatic heterocycles. The fourth-order valence-electron chi connectivity index (χ4n) is 2.21. The highest BCUT2D eigenvalue weighted by Crippen LogP contribution is 2.32. The third kappa shape index (κ3) is 3.31. The summed E-state index contributed by atoms with van der Waals surface area (Å²) < 4.78 is 25.2. The van der Waals surface area contributed by atoms with Crippen LogP contribution < -0.4 is 0 Å². The molecule has 1 unspecified atom stereocenters. The number of aryl methyl sites for hydroxylation is 1. The lowest BCUT2D eigenvalue weighted by Gasteiger charge is -2.31. The van der Waals surface area contributed by atoms with E-state index in [0.717, 1.165) is 11.1 Å². The minimum absolute atomic E-state index is 0.266. The summed E-state index contributed by atoms with van der Waals surface area (Å²) in [4.78, 5) is 13.3. The van der Waals surface area contributed by atoms with Gasteiger partial charge in [-0.1, -0.05) is 46.3 Å². The van der Waals surface area contributed by atoms with Gasteiger partial charge >= 0.3 is 0 Å². The van der Waals surface area contributed by atoms with Crippen molar-refractivity contribution in [3.05, 3.63) is 40.4 Å². The second-order valence-corrected chi connectivity index (χ2v) is 6.53. The number of benzene rings is 1. The van der Waals surface area contributed by atoms with E-state index in [2.05, 4.69) is 0 Å². The van der Waals surface area contributed by atoms with Gasteiger partial charge in [-0.05, 0) is 31.0 Å². The van der Waals surface area contributed by atoms with Crippen molar-refractivity contribution in [1.29, 1.82) is 0 Å². The summed E-state index contributed by atoms with van der Waals surface area (Å²) in [6, 6.07) is 5.23. The highest BCUT2D eigenvalue weighted by atomic mass is 127. The van der Waals surface area contributed by atoms with Gasteiger partial charge in [-0.2, -0.15) is 0 Å². The lowest BCUT2D eigenvalue weighted by molar-refractivity contribution is -0.128. The Kier molecular flexibility index (Phi) is 5.01. The van der Waals surface area contributed by atoms with Crippen LogP contribution in [0.5, 0.6) is 0 Å². The number of carbonyl (C=O) groups excluding carboxylic acids is 1. The summed E-state index contributed by atoms with van der Waals surface area (Å²) in [6.45, 7) is 1.27. The van der Waals surface area contributed by atoms with Crippen molar-refractivity contribution in [3.8, 4) is 0 Å². The van der Waals surface area contributed by atoms with Crippen LogP contribution in [0.1, 0.15) is 17.5 Å². The number of amides is 1. The van der Waals surface area contributed by atoms with Gasteiger partial charge in [-0.3, -0.25) is 4.79 Å². The first-order chi connectivity index (χ1) is 9.40. The van der Waals surface area contributed by atoms with Gasteiger partial charge < -0.3 is 4.90 Å². The van der Waals surface area contributed by atoms with Crippen molar-refractivity contribution < 1.29 is 13.6 Å². The fourth-order valence-corrected chi connectivity index (χ4v) is 3.03. The van der Waals surface area contributed by atoms with Gasteiger partial charge in [0.1, 0.15) is 0 Å². The minimum atomic E-state index is -2.56. The van der Waals surface area contributed by atoms with Gasteiger partial charge in [0.2, 0.25) is 5.91 Å². The number of allylic oxidation sites excluding steroid dienone is 1. The van der Waals surface area contributed by atoms with Crippen molar-refractivity contribution in [1.82, 2.24) is 4.90 Å². The molecule has 2 rings (SSSR count). The molecule has 6 heteroatoms. The highest BCUT2D eigenvalue weighted by Gasteiger charge is 2.31. The Labute approximate surface area is 134 Å². The van der Waals surface area contributed by atoms with E-state index in [0.29, 0.717) is 17.1 Å². The summed E-state index contributed by atoms with van der Waals surface area (Å²) in [5, 5.41) is 0.584. The van der Waals surface area contributed by atoms with Gasteiger partial charge in [0.05, 0.1) is 10.5 Å². The molecule has 2 nitrogen and oxygen atoms in total. The molecule has 0 aromatic heterocycles. The second-order valence-electron chi connectivity index (χ2n) is 4.59. The zero-order valence-corrected chi connectivity index (χ0v) is 13.7. The summed E-state index contributed by atoms with van der Waals surface area (Å²) in [6.07, 6.45) is -0.162. The van der Waals surface area contributed by atoms with E-state index >= 15 is 0 Å². The van der Waals surface area contributed by atoms with Gasteiger partial charge in [0, 0.05) is 16.3 Å². The molecule has 0 aliphatic carbocycles. The minimum Gasteiger partial charge on any atom is -0.305 e. The Hall–Kier alpha value is -0.690. The van der Waals surface area contributed by atoms with Gasteiger partial charge in [-0.15, -0.1) is 0 Å². The highest BCUT2D eigenvalue weighted by molar-refractivity contribution is 14.1. The van der Waals surface area contributed by atoms with E-state index in [9.17, 15) is 13.6 Å². The molecule has 0 spiro atoms. The molecule has 1 amide bonds. The van der Waals surface area contributed by atoms with Crippen molar-refractivity contribution in [2.75, 3.05) is 6.54 Å². The van der Waals surface area contributed by atoms with Gasteiger partial charge in [0.15, 0.2) is 0 Å². The number of nitrogens with zero attached hydrogens (tertiary/aromatic N) is 1. The van der Waals surface area contributed by atoms with Crippen molar-refractivity contribution >= 4 is 45.8 Å². The average Bonchev–Trinajstić information content (AvgIpc) is 2.36. The van der Waals surface area contributed by atoms with E-state index in [-0.39, 0.29) is 9.83 Å². The first kappa shape index (κ1) is 15.7. The lowest BCUT2D eigenvalue weighted by Crippen LogP contribution is -2.41. The fraction of sp³-hybridized carbons (Fsp3) is 0.357. The summed E-state index contributed by atoms with van der Waals surface area (Å²) in [5.74, 6) is -0.266. The molecule has 1 aliphatic rings. The maximum absolute atomic E-state index is 12.7. The van der Waals surface area contributed by atoms with Crippen LogP contribution in [-0.4, -0.2) is 27.7 Å². The third-order valence-electron chi connectivity index (χ3n) is 3.13. The van der Waals surface area contributed by atoms with Crippen LogP contribution in [0.3, 0.4) is 0 Å². The van der Waals surface area contributed by atoms with Crippen LogP contribution in [0.15, 0.2) is 24.3 Å². The molecule has 1 aromatic rings. The SMILES string of the molecule is Cc1cc(Cl)ccc1C1=CCC(I)C(=O)N1CC(F)F. The van der Waals surface area contributed by atoms with Crippen LogP contribution >= 0.6 is 34.2 Å². The predicted octanol–water partition coefficient (Wildman–Crippen LogP) is 4.29. The standard InChI is InChI=1S/C14H13ClF2INO/c1-8-6-9(15)2-3-10(8)12-5-4-11(18)14(20)19(12)7-13(16)17/h2-3,5-6,11,13H,4,7H2,1H3. The molecule has 20 heavy (non-hydrogen) atoms. The molecule has 1 atom stereocenters. The molecule has 0 saturated carbocycles. The lowest BCUT2D eigenvalue weighted by atomic mass is 10.0. The van der Waals surface area contributed by atoms with E-state index in [1.165, 1.54) is 4.90 Å². The normalized spacial score (nSPS) is 19.5. The van der Waals surface area contributed by atoms with Crippen molar-refractivity contribution in [2.24, 2.45) is 0 Å². The Bertz CT molecular complexity index is 562. The predicted molar refractivity (Wildman–Crippen MR) is 84.3 cm³/mol. The van der Waals surface area contributed by atoms with Crippen LogP contribution in [0.2, 0.25) is 5.02 Å². The molecule has 1 aromatic carbocycles. The molecule has 0 fully saturated rings. The Morgan fingerprint density at radius 2 is 2.20 bits per heavy atom. The van der Waals surface area contributed by atoms with E-state index < -0.39 is 13.0 Å². The number of alkyl halides is 3. The average molecular weight is 412 g/mol. The molecule has 0 radical (unpaired) electrons. The Morgan fingerprint density at radius 3 is 2.80 bits per heavy atom. The Morgan fingerprint density at radius 1 is 1.50 bits per heavy atom. The maximum atomic E-state index is 12.7. The smallest absolute Gasteiger partial charge is 0.256 e. The van der Waals surface area contributed by atoms with E-state index in [1.807, 2.05) is 35.6 Å². The number of carbonyl (C=O) groups is 1. The number of rotatable bonds is 3. The zero-order chi connectivity index (χ0) is 14.9. The first-order valence-corrected chi connectivity index (χ1v) is 7.72. The molecule has 0 bridgehead atoms. The summed E-state index contributed by atoms with van der Waals surface area (Å²) >= 11 is 7.89. The second kappa shape index (κ2) is 6.39. The quantitative estimate of drug-likeness (QED) is 0.537. The zero-order valence-electron chi connectivity index (χ0n) is 10.7. The van der Waals surface area contributed by atoms with Crippen molar-refractivity contribution in [3.63, 3.8) is 0 Å². The van der Waals surface area contributed by atoms with Crippen LogP contribution in [0, 0.1) is 6.92 Å². The molecule has 0 N–H and O–H groups in total.